The molecule has 2 N–H and O–H groups in total. The lowest BCUT2D eigenvalue weighted by molar-refractivity contribution is -0.856. The summed E-state index contributed by atoms with van der Waals surface area (Å²) >= 11 is 0. The van der Waals surface area contributed by atoms with Crippen LogP contribution >= 0.6 is 0 Å². The van der Waals surface area contributed by atoms with E-state index in [9.17, 15) is 9.59 Å². The Bertz CT molecular complexity index is 880. The number of para-hydroxylation sites is 1. The van der Waals surface area contributed by atoms with Gasteiger partial charge in [-0.25, -0.2) is 0 Å². The molecular weight excluding hydrogens is 378 g/mol. The number of hydrogen-bond acceptors (Lipinski definition) is 3. The molecule has 1 fully saturated rings. The molecule has 1 heterocycles. The number of aryl methyl sites for hydroxylation is 1. The number of rotatable bonds is 7. The van der Waals surface area contributed by atoms with Crippen LogP contribution in [0.3, 0.4) is 0 Å². The van der Waals surface area contributed by atoms with Crippen LogP contribution in [-0.2, 0) is 9.59 Å². The summed E-state index contributed by atoms with van der Waals surface area (Å²) in [6.07, 6.45) is 0.862. The van der Waals surface area contributed by atoms with E-state index >= 15 is 0 Å². The molecular formula is C24H32N3O3+. The number of nitrogens with one attached hydrogen (secondary N) is 2. The van der Waals surface area contributed by atoms with Crippen LogP contribution in [0.25, 0.3) is 0 Å². The molecule has 6 nitrogen and oxygen atoms in total. The molecule has 0 bridgehead atoms. The number of ether oxygens (including phenoxy) is 1. The first-order valence-electron chi connectivity index (χ1n) is 10.5. The molecule has 2 atom stereocenters. The minimum Gasteiger partial charge on any atom is -0.496 e. The van der Waals surface area contributed by atoms with Crippen LogP contribution in [0.4, 0.5) is 5.69 Å². The number of carbonyl (C=O) groups is 2. The molecule has 0 aliphatic carbocycles. The number of amides is 2. The molecule has 160 valence electrons. The van der Waals surface area contributed by atoms with Gasteiger partial charge in [0.05, 0.1) is 46.3 Å². The van der Waals surface area contributed by atoms with Crippen LogP contribution in [0.5, 0.6) is 5.75 Å². The highest BCUT2D eigenvalue weighted by molar-refractivity contribution is 5.97. The number of likely N-dealkylation sites (N-methyl/N-ethyl adjacent to an activating group) is 1. The summed E-state index contributed by atoms with van der Waals surface area (Å²) in [5.74, 6) is 0.343. The first-order chi connectivity index (χ1) is 14.4. The Labute approximate surface area is 178 Å². The Kier molecular flexibility index (Phi) is 7.11. The van der Waals surface area contributed by atoms with Crippen molar-refractivity contribution in [2.75, 3.05) is 39.2 Å². The summed E-state index contributed by atoms with van der Waals surface area (Å²) in [5, 5.41) is 3.08. The van der Waals surface area contributed by atoms with Crippen molar-refractivity contribution >= 4 is 17.5 Å². The van der Waals surface area contributed by atoms with Crippen molar-refractivity contribution in [3.8, 4) is 5.75 Å². The van der Waals surface area contributed by atoms with Gasteiger partial charge >= 0.3 is 0 Å². The van der Waals surface area contributed by atoms with Gasteiger partial charge in [0.25, 0.3) is 0 Å². The van der Waals surface area contributed by atoms with E-state index in [1.165, 1.54) is 4.90 Å². The molecule has 1 saturated heterocycles. The largest absolute Gasteiger partial charge is 0.496 e. The fourth-order valence-corrected chi connectivity index (χ4v) is 4.01. The van der Waals surface area contributed by atoms with Gasteiger partial charge in [-0.15, -0.1) is 0 Å². The average molecular weight is 411 g/mol. The maximum absolute atomic E-state index is 13.2. The van der Waals surface area contributed by atoms with E-state index in [-0.39, 0.29) is 17.7 Å². The molecule has 0 radical (unpaired) electrons. The third-order valence-corrected chi connectivity index (χ3v) is 5.63. The highest BCUT2D eigenvalue weighted by atomic mass is 16.5. The van der Waals surface area contributed by atoms with E-state index in [1.807, 2.05) is 55.5 Å². The van der Waals surface area contributed by atoms with Gasteiger partial charge in [0.1, 0.15) is 5.75 Å². The highest BCUT2D eigenvalue weighted by Gasteiger charge is 2.42. The van der Waals surface area contributed by atoms with Crippen LogP contribution < -0.4 is 19.9 Å². The van der Waals surface area contributed by atoms with Crippen molar-refractivity contribution in [3.63, 3.8) is 0 Å². The molecule has 0 saturated carbocycles. The topological polar surface area (TPSA) is 63.1 Å². The normalized spacial score (nSPS) is 19.1. The summed E-state index contributed by atoms with van der Waals surface area (Å²) in [6, 6.07) is 15.1. The second kappa shape index (κ2) is 9.76. The minimum absolute atomic E-state index is 0.0169. The number of anilines is 1. The van der Waals surface area contributed by atoms with Crippen molar-refractivity contribution < 1.29 is 19.2 Å². The maximum atomic E-state index is 13.2. The quantitative estimate of drug-likeness (QED) is 0.731. The lowest BCUT2D eigenvalue weighted by atomic mass is 9.82. The number of hydrogen-bond donors (Lipinski definition) is 2. The monoisotopic (exact) mass is 410 g/mol. The number of nitrogens with zero attached hydrogens (tertiary/aromatic N) is 1. The Morgan fingerprint density at radius 2 is 1.87 bits per heavy atom. The van der Waals surface area contributed by atoms with E-state index in [2.05, 4.69) is 19.4 Å². The van der Waals surface area contributed by atoms with Crippen molar-refractivity contribution in [1.29, 1.82) is 0 Å². The van der Waals surface area contributed by atoms with Crippen LogP contribution in [0, 0.1) is 12.8 Å². The van der Waals surface area contributed by atoms with Gasteiger partial charge in [-0.05, 0) is 31.5 Å². The van der Waals surface area contributed by atoms with Crippen molar-refractivity contribution in [2.45, 2.75) is 25.8 Å². The maximum Gasteiger partial charge on any atom is 0.227 e. The molecule has 0 aromatic heterocycles. The van der Waals surface area contributed by atoms with Gasteiger partial charge in [-0.1, -0.05) is 35.9 Å². The predicted octanol–water partition coefficient (Wildman–Crippen LogP) is 1.75. The van der Waals surface area contributed by atoms with Crippen LogP contribution in [0.1, 0.15) is 30.0 Å². The first kappa shape index (κ1) is 21.8. The fraction of sp³-hybridized carbons (Fsp3) is 0.417. The summed E-state index contributed by atoms with van der Waals surface area (Å²) in [7, 11) is 5.74. The summed E-state index contributed by atoms with van der Waals surface area (Å²) in [5.41, 5.74) is 2.78. The lowest BCUT2D eigenvalue weighted by Crippen LogP contribution is -3.06. The van der Waals surface area contributed by atoms with Crippen LogP contribution in [0.15, 0.2) is 48.5 Å². The fourth-order valence-electron chi connectivity index (χ4n) is 4.01. The third kappa shape index (κ3) is 4.82. The molecule has 3 rings (SSSR count). The Morgan fingerprint density at radius 3 is 2.53 bits per heavy atom. The average Bonchev–Trinajstić information content (AvgIpc) is 2.74. The molecule has 1 aliphatic rings. The van der Waals surface area contributed by atoms with Crippen LogP contribution in [0.2, 0.25) is 0 Å². The highest BCUT2D eigenvalue weighted by Crippen LogP contribution is 2.43. The molecule has 0 unspecified atom stereocenters. The number of methoxy groups -OCH3 is 1. The summed E-state index contributed by atoms with van der Waals surface area (Å²) < 4.78 is 5.60. The van der Waals surface area contributed by atoms with Gasteiger partial charge in [0, 0.05) is 17.7 Å². The van der Waals surface area contributed by atoms with Crippen LogP contribution in [-0.4, -0.2) is 46.1 Å². The number of benzene rings is 2. The van der Waals surface area contributed by atoms with Gasteiger partial charge < -0.3 is 19.9 Å². The van der Waals surface area contributed by atoms with E-state index < -0.39 is 6.04 Å². The Hall–Kier alpha value is -2.86. The molecule has 2 aromatic rings. The number of carbonyl (C=O) groups excluding carboxylic acids is 2. The summed E-state index contributed by atoms with van der Waals surface area (Å²) in [4.78, 5) is 29.3. The van der Waals surface area contributed by atoms with Crippen molar-refractivity contribution in [2.24, 2.45) is 5.92 Å². The Balaban J connectivity index is 2.02. The molecule has 1 aliphatic heterocycles. The van der Waals surface area contributed by atoms with Gasteiger partial charge in [-0.3, -0.25) is 9.59 Å². The zero-order valence-electron chi connectivity index (χ0n) is 18.3. The van der Waals surface area contributed by atoms with E-state index in [4.69, 9.17) is 4.74 Å². The van der Waals surface area contributed by atoms with E-state index in [0.29, 0.717) is 25.1 Å². The van der Waals surface area contributed by atoms with Gasteiger partial charge in [0.2, 0.25) is 11.8 Å². The molecule has 30 heavy (non-hydrogen) atoms. The third-order valence-electron chi connectivity index (χ3n) is 5.63. The first-order valence-corrected chi connectivity index (χ1v) is 10.5. The number of quaternary nitrogens is 1. The standard InChI is InChI=1S/C24H31N3O3/c1-17-9-11-18(12-10-17)27-22(28)14-13-20(24(29)25-15-16-26(2)3)23(27)19-7-5-6-8-21(19)30-4/h5-12,20,23H,13-16H2,1-4H3,(H,25,29)/p+1/t20-,23-/m1/s1. The second-order valence-corrected chi connectivity index (χ2v) is 8.18. The second-order valence-electron chi connectivity index (χ2n) is 8.18. The van der Waals surface area contributed by atoms with E-state index in [0.717, 1.165) is 23.4 Å². The molecule has 6 heteroatoms. The summed E-state index contributed by atoms with van der Waals surface area (Å²) in [6.45, 7) is 3.47. The Morgan fingerprint density at radius 1 is 1.17 bits per heavy atom. The molecule has 2 aromatic carbocycles. The zero-order chi connectivity index (χ0) is 21.7. The van der Waals surface area contributed by atoms with Gasteiger partial charge in [0.15, 0.2) is 0 Å². The SMILES string of the molecule is COc1ccccc1[C@@H]1[C@H](C(=O)NCC[NH+](C)C)CCC(=O)N1c1ccc(C)cc1. The van der Waals surface area contributed by atoms with E-state index in [1.54, 1.807) is 12.0 Å². The molecule has 2 amide bonds. The smallest absolute Gasteiger partial charge is 0.227 e. The van der Waals surface area contributed by atoms with Crippen molar-refractivity contribution in [3.05, 3.63) is 59.7 Å². The lowest BCUT2D eigenvalue weighted by Gasteiger charge is -2.41. The molecule has 0 spiro atoms. The minimum atomic E-state index is -0.420. The number of piperidine rings is 1. The van der Waals surface area contributed by atoms with Gasteiger partial charge in [-0.2, -0.15) is 0 Å². The van der Waals surface area contributed by atoms with Crippen molar-refractivity contribution in [1.82, 2.24) is 5.32 Å². The zero-order valence-corrected chi connectivity index (χ0v) is 18.3. The predicted molar refractivity (Wildman–Crippen MR) is 118 cm³/mol.